The highest BCUT2D eigenvalue weighted by Gasteiger charge is 2.21. The average Bonchev–Trinajstić information content (AvgIpc) is 3.16. The highest BCUT2D eigenvalue weighted by Crippen LogP contribution is 2.38. The lowest BCUT2D eigenvalue weighted by molar-refractivity contribution is -0.870. The second-order valence-corrected chi connectivity index (χ2v) is 17.5. The number of hydrogen-bond acceptors (Lipinski definition) is 8. The first-order chi connectivity index (χ1) is 27.5. The van der Waals surface area contributed by atoms with Crippen LogP contribution in [0.3, 0.4) is 0 Å². The molecule has 2 atom stereocenters. The first-order valence-corrected chi connectivity index (χ1v) is 24.0. The highest BCUT2D eigenvalue weighted by molar-refractivity contribution is 7.45. The highest BCUT2D eigenvalue weighted by atomic mass is 31.2. The van der Waals surface area contributed by atoms with Crippen molar-refractivity contribution in [2.45, 2.75) is 180 Å². The number of hydrogen-bond donors (Lipinski definition) is 0. The maximum Gasteiger partial charge on any atom is 0.310 e. The molecule has 0 aliphatic rings. The van der Waals surface area contributed by atoms with Gasteiger partial charge in [0, 0.05) is 6.42 Å². The molecular weight excluding hydrogens is 737 g/mol. The molecule has 0 spiro atoms. The van der Waals surface area contributed by atoms with Gasteiger partial charge in [0.2, 0.25) is 0 Å². The number of allylic oxidation sites excluding steroid dienone is 9. The molecule has 0 aromatic carbocycles. The molecule has 0 saturated heterocycles. The third-order valence-corrected chi connectivity index (χ3v) is 10.3. The predicted molar refractivity (Wildman–Crippen MR) is 236 cm³/mol. The standard InChI is InChI=1S/C47H84NO8P/c1-6-8-10-12-14-16-18-20-22-23-24-26-27-29-31-33-35-37-39-46(49)53-43-45(44-55-57(51,52)54-42-41-48(3,4)5)56-47(50)40-38-36-34-32-30-28-25-21-19-17-15-13-11-9-7-2/h9,11,15,17,21,25,30,32,36,38,45H,6-8,10,12-14,16,18-20,22-24,26-29,31,33-35,37,39-44H2,1-5H3/b11-9-,17-15-,25-21-,32-30-,38-36-. The van der Waals surface area contributed by atoms with E-state index in [0.29, 0.717) is 17.4 Å². The Morgan fingerprint density at radius 1 is 0.561 bits per heavy atom. The van der Waals surface area contributed by atoms with Crippen LogP contribution in [0.1, 0.15) is 174 Å². The van der Waals surface area contributed by atoms with Crippen molar-refractivity contribution in [3.8, 4) is 0 Å². The van der Waals surface area contributed by atoms with E-state index in [4.69, 9.17) is 18.5 Å². The van der Waals surface area contributed by atoms with Crippen LogP contribution in [-0.4, -0.2) is 70.0 Å². The monoisotopic (exact) mass is 822 g/mol. The number of rotatable bonds is 40. The van der Waals surface area contributed by atoms with Crippen molar-refractivity contribution in [3.63, 3.8) is 0 Å². The summed E-state index contributed by atoms with van der Waals surface area (Å²) in [6, 6.07) is 0. The minimum absolute atomic E-state index is 0.00763. The zero-order valence-electron chi connectivity index (χ0n) is 37.0. The Morgan fingerprint density at radius 3 is 1.42 bits per heavy atom. The second-order valence-electron chi connectivity index (χ2n) is 16.1. The number of unbranched alkanes of at least 4 members (excludes halogenated alkanes) is 17. The number of ether oxygens (including phenoxy) is 2. The second kappa shape index (κ2) is 39.2. The molecule has 0 radical (unpaired) electrons. The fourth-order valence-corrected chi connectivity index (χ4v) is 6.58. The molecule has 0 saturated carbocycles. The molecule has 330 valence electrons. The van der Waals surface area contributed by atoms with Crippen LogP contribution in [0.5, 0.6) is 0 Å². The summed E-state index contributed by atoms with van der Waals surface area (Å²) >= 11 is 0. The molecule has 57 heavy (non-hydrogen) atoms. The molecule has 10 heteroatoms. The van der Waals surface area contributed by atoms with E-state index >= 15 is 0 Å². The van der Waals surface area contributed by atoms with Crippen molar-refractivity contribution in [1.82, 2.24) is 0 Å². The smallest absolute Gasteiger partial charge is 0.310 e. The summed E-state index contributed by atoms with van der Waals surface area (Å²) in [7, 11) is 1.11. The van der Waals surface area contributed by atoms with E-state index < -0.39 is 32.5 Å². The van der Waals surface area contributed by atoms with Gasteiger partial charge in [0.25, 0.3) is 7.82 Å². The molecule has 9 nitrogen and oxygen atoms in total. The number of phosphoric acid groups is 1. The van der Waals surface area contributed by atoms with Gasteiger partial charge in [0.05, 0.1) is 34.2 Å². The van der Waals surface area contributed by atoms with Gasteiger partial charge in [-0.25, -0.2) is 0 Å². The average molecular weight is 822 g/mol. The van der Waals surface area contributed by atoms with Gasteiger partial charge in [-0.1, -0.05) is 184 Å². The van der Waals surface area contributed by atoms with E-state index in [1.54, 1.807) is 6.08 Å². The number of likely N-dealkylation sites (N-methyl/N-ethyl adjacent to an activating group) is 1. The van der Waals surface area contributed by atoms with E-state index in [9.17, 15) is 19.0 Å². The van der Waals surface area contributed by atoms with Crippen LogP contribution in [0.2, 0.25) is 0 Å². The summed E-state index contributed by atoms with van der Waals surface area (Å²) in [5.74, 6) is -0.980. The molecule has 0 bridgehead atoms. The molecule has 0 fully saturated rings. The van der Waals surface area contributed by atoms with Crippen LogP contribution < -0.4 is 4.89 Å². The summed E-state index contributed by atoms with van der Waals surface area (Å²) in [4.78, 5) is 37.5. The Hall–Kier alpha value is -2.29. The van der Waals surface area contributed by atoms with Crippen molar-refractivity contribution < 1.29 is 42.1 Å². The molecule has 0 N–H and O–H groups in total. The van der Waals surface area contributed by atoms with E-state index in [1.807, 2.05) is 33.3 Å². The van der Waals surface area contributed by atoms with Crippen LogP contribution in [-0.2, 0) is 32.7 Å². The van der Waals surface area contributed by atoms with Gasteiger partial charge in [0.1, 0.15) is 19.8 Å². The third kappa shape index (κ3) is 43.1. The topological polar surface area (TPSA) is 111 Å². The number of carbonyl (C=O) groups is 2. The SMILES string of the molecule is CC/C=C\C/C=C\C/C=C\C/C=C\C/C=C\CC(=O)OC(COC(=O)CCCCCCCCCCCCCCCCCCCC)COP(=O)([O-])OCC[N+](C)(C)C. The minimum Gasteiger partial charge on any atom is -0.756 e. The largest absolute Gasteiger partial charge is 0.756 e. The predicted octanol–water partition coefficient (Wildman–Crippen LogP) is 12.2. The van der Waals surface area contributed by atoms with Crippen LogP contribution in [0.15, 0.2) is 60.8 Å². The van der Waals surface area contributed by atoms with Crippen molar-refractivity contribution >= 4 is 19.8 Å². The summed E-state index contributed by atoms with van der Waals surface area (Å²) in [6.45, 7) is 4.00. The molecule has 0 rings (SSSR count). The minimum atomic E-state index is -4.65. The zero-order valence-corrected chi connectivity index (χ0v) is 37.9. The fraction of sp³-hybridized carbons (Fsp3) is 0.745. The summed E-state index contributed by atoms with van der Waals surface area (Å²) < 4.78 is 33.8. The summed E-state index contributed by atoms with van der Waals surface area (Å²) in [5.41, 5.74) is 0. The van der Waals surface area contributed by atoms with Gasteiger partial charge in [-0.2, -0.15) is 0 Å². The number of carbonyl (C=O) groups excluding carboxylic acids is 2. The van der Waals surface area contributed by atoms with Gasteiger partial charge in [-0.15, -0.1) is 0 Å². The van der Waals surface area contributed by atoms with Crippen LogP contribution in [0.25, 0.3) is 0 Å². The van der Waals surface area contributed by atoms with E-state index in [0.717, 1.165) is 44.9 Å². The van der Waals surface area contributed by atoms with Gasteiger partial charge in [0.15, 0.2) is 6.10 Å². The number of phosphoric ester groups is 1. The van der Waals surface area contributed by atoms with Crippen LogP contribution in [0.4, 0.5) is 0 Å². The summed E-state index contributed by atoms with van der Waals surface area (Å²) in [5, 5.41) is 0. The fourth-order valence-electron chi connectivity index (χ4n) is 5.85. The number of esters is 2. The molecule has 0 aromatic rings. The quantitative estimate of drug-likeness (QED) is 0.0197. The molecule has 0 aromatic heterocycles. The number of quaternary nitrogens is 1. The first kappa shape index (κ1) is 54.7. The number of nitrogens with zero attached hydrogens (tertiary/aromatic N) is 1. The lowest BCUT2D eigenvalue weighted by Crippen LogP contribution is -2.37. The Balaban J connectivity index is 4.43. The van der Waals surface area contributed by atoms with Crippen LogP contribution >= 0.6 is 7.82 Å². The van der Waals surface area contributed by atoms with Gasteiger partial charge in [-0.05, 0) is 38.5 Å². The van der Waals surface area contributed by atoms with Gasteiger partial charge in [-0.3, -0.25) is 14.2 Å². The van der Waals surface area contributed by atoms with E-state index in [1.165, 1.54) is 96.3 Å². The Labute approximate surface area is 349 Å². The lowest BCUT2D eigenvalue weighted by Gasteiger charge is -2.28. The normalized spacial score (nSPS) is 14.1. The maximum absolute atomic E-state index is 12.6. The molecular formula is C47H84NO8P. The van der Waals surface area contributed by atoms with Crippen molar-refractivity contribution in [2.75, 3.05) is 47.5 Å². The third-order valence-electron chi connectivity index (χ3n) is 9.34. The van der Waals surface area contributed by atoms with Crippen LogP contribution in [0, 0.1) is 0 Å². The molecule has 0 aliphatic heterocycles. The molecule has 0 heterocycles. The summed E-state index contributed by atoms with van der Waals surface area (Å²) in [6.07, 6.45) is 47.1. The van der Waals surface area contributed by atoms with Crippen molar-refractivity contribution in [3.05, 3.63) is 60.8 Å². The van der Waals surface area contributed by atoms with Gasteiger partial charge >= 0.3 is 11.9 Å². The zero-order chi connectivity index (χ0) is 42.1. The molecule has 2 unspecified atom stereocenters. The van der Waals surface area contributed by atoms with E-state index in [2.05, 4.69) is 56.4 Å². The van der Waals surface area contributed by atoms with Crippen molar-refractivity contribution in [1.29, 1.82) is 0 Å². The molecule has 0 amide bonds. The molecule has 0 aliphatic carbocycles. The maximum atomic E-state index is 12.6. The van der Waals surface area contributed by atoms with E-state index in [-0.39, 0.29) is 26.1 Å². The Kier molecular flexibility index (Phi) is 37.6. The van der Waals surface area contributed by atoms with Crippen molar-refractivity contribution in [2.24, 2.45) is 0 Å². The lowest BCUT2D eigenvalue weighted by atomic mass is 10.0. The Bertz CT molecular complexity index is 1160. The van der Waals surface area contributed by atoms with Gasteiger partial charge < -0.3 is 27.9 Å². The Morgan fingerprint density at radius 2 is 0.982 bits per heavy atom. The first-order valence-electron chi connectivity index (χ1n) is 22.5.